The number of rotatable bonds is 4. The molecule has 2 heteroatoms. The molecule has 0 saturated heterocycles. The zero-order valence-electron chi connectivity index (χ0n) is 9.28. The average molecular weight is 197 g/mol. The van der Waals surface area contributed by atoms with Crippen LogP contribution < -0.4 is 0 Å². The van der Waals surface area contributed by atoms with E-state index in [0.717, 1.165) is 24.7 Å². The Morgan fingerprint density at radius 1 is 1.07 bits per heavy atom. The number of aliphatic hydroxyl groups excluding tert-OH is 1. The molecule has 0 amide bonds. The Labute approximate surface area is 87.3 Å². The summed E-state index contributed by atoms with van der Waals surface area (Å²) in [5.74, 6) is 1.74. The minimum absolute atomic E-state index is 0.0138. The second-order valence-corrected chi connectivity index (χ2v) is 5.36. The number of hydrogen-bond acceptors (Lipinski definition) is 2. The van der Waals surface area contributed by atoms with Gasteiger partial charge >= 0.3 is 0 Å². The van der Waals surface area contributed by atoms with Crippen LogP contribution in [0.15, 0.2) is 0 Å². The van der Waals surface area contributed by atoms with Crippen molar-refractivity contribution in [2.75, 3.05) is 20.1 Å². The normalized spacial score (nSPS) is 33.6. The maximum Gasteiger partial charge on any atom is 0.0546 e. The molecule has 0 heterocycles. The molecule has 2 aliphatic carbocycles. The Morgan fingerprint density at radius 3 is 2.21 bits per heavy atom. The van der Waals surface area contributed by atoms with E-state index < -0.39 is 0 Å². The van der Waals surface area contributed by atoms with Gasteiger partial charge in [-0.15, -0.1) is 0 Å². The van der Waals surface area contributed by atoms with Gasteiger partial charge in [-0.1, -0.05) is 12.8 Å². The fourth-order valence-electron chi connectivity index (χ4n) is 3.00. The molecule has 82 valence electrons. The quantitative estimate of drug-likeness (QED) is 0.744. The smallest absolute Gasteiger partial charge is 0.0546 e. The summed E-state index contributed by atoms with van der Waals surface area (Å²) in [6.45, 7) is 2.49. The molecule has 0 unspecified atom stereocenters. The van der Waals surface area contributed by atoms with Gasteiger partial charge < -0.3 is 10.0 Å². The van der Waals surface area contributed by atoms with E-state index in [1.165, 1.54) is 38.8 Å². The highest BCUT2D eigenvalue weighted by molar-refractivity contribution is 4.81. The number of aliphatic hydroxyl groups is 1. The van der Waals surface area contributed by atoms with Crippen LogP contribution in [0.2, 0.25) is 0 Å². The molecule has 2 nitrogen and oxygen atoms in total. The highest BCUT2D eigenvalue weighted by Crippen LogP contribution is 2.29. The number of nitrogens with zero attached hydrogens (tertiary/aromatic N) is 1. The third kappa shape index (κ3) is 2.71. The summed E-state index contributed by atoms with van der Waals surface area (Å²) in [6.07, 6.45) is 7.86. The summed E-state index contributed by atoms with van der Waals surface area (Å²) in [4.78, 5) is 2.48. The summed E-state index contributed by atoms with van der Waals surface area (Å²) in [6, 6.07) is 0. The summed E-state index contributed by atoms with van der Waals surface area (Å²) in [7, 11) is 2.24. The van der Waals surface area contributed by atoms with Gasteiger partial charge in [0.1, 0.15) is 0 Å². The van der Waals surface area contributed by atoms with Crippen molar-refractivity contribution in [3.63, 3.8) is 0 Å². The Bertz CT molecular complexity index is 171. The largest absolute Gasteiger partial charge is 0.393 e. The molecule has 0 bridgehead atoms. The Morgan fingerprint density at radius 2 is 1.64 bits per heavy atom. The van der Waals surface area contributed by atoms with Crippen LogP contribution in [-0.4, -0.2) is 36.2 Å². The second kappa shape index (κ2) is 4.63. The van der Waals surface area contributed by atoms with Crippen LogP contribution in [0.3, 0.4) is 0 Å². The first-order chi connectivity index (χ1) is 6.74. The molecule has 0 aromatic rings. The van der Waals surface area contributed by atoms with Crippen LogP contribution in [0.5, 0.6) is 0 Å². The van der Waals surface area contributed by atoms with Crippen molar-refractivity contribution < 1.29 is 5.11 Å². The standard InChI is InChI=1S/C12H23NO/c1-13(8-10-4-2-3-5-10)9-11-6-12(14)7-11/h10-12,14H,2-9H2,1H3. The molecule has 0 atom stereocenters. The Hall–Kier alpha value is -0.0800. The Kier molecular flexibility index (Phi) is 3.45. The van der Waals surface area contributed by atoms with Gasteiger partial charge in [0, 0.05) is 13.1 Å². The fourth-order valence-corrected chi connectivity index (χ4v) is 3.00. The topological polar surface area (TPSA) is 23.5 Å². The van der Waals surface area contributed by atoms with Crippen LogP contribution in [0.25, 0.3) is 0 Å². The third-order valence-electron chi connectivity index (χ3n) is 3.83. The molecule has 0 spiro atoms. The van der Waals surface area contributed by atoms with Crippen molar-refractivity contribution in [1.29, 1.82) is 0 Å². The van der Waals surface area contributed by atoms with Gasteiger partial charge in [0.25, 0.3) is 0 Å². The molecule has 2 saturated carbocycles. The molecule has 2 aliphatic rings. The van der Waals surface area contributed by atoms with E-state index >= 15 is 0 Å². The Balaban J connectivity index is 1.60. The molecule has 14 heavy (non-hydrogen) atoms. The molecule has 0 aliphatic heterocycles. The van der Waals surface area contributed by atoms with Gasteiger partial charge in [0.15, 0.2) is 0 Å². The molecule has 2 rings (SSSR count). The highest BCUT2D eigenvalue weighted by atomic mass is 16.3. The first kappa shape index (κ1) is 10.4. The molecule has 0 aromatic carbocycles. The second-order valence-electron chi connectivity index (χ2n) is 5.36. The van der Waals surface area contributed by atoms with Crippen molar-refractivity contribution in [2.45, 2.75) is 44.6 Å². The lowest BCUT2D eigenvalue weighted by atomic mass is 9.82. The van der Waals surface area contributed by atoms with Crippen molar-refractivity contribution >= 4 is 0 Å². The maximum absolute atomic E-state index is 9.20. The van der Waals surface area contributed by atoms with Crippen LogP contribution >= 0.6 is 0 Å². The maximum atomic E-state index is 9.20. The van der Waals surface area contributed by atoms with E-state index in [4.69, 9.17) is 0 Å². The lowest BCUT2D eigenvalue weighted by Crippen LogP contribution is -2.38. The van der Waals surface area contributed by atoms with Gasteiger partial charge in [-0.2, -0.15) is 0 Å². The van der Waals surface area contributed by atoms with Gasteiger partial charge in [-0.3, -0.25) is 0 Å². The van der Waals surface area contributed by atoms with E-state index in [9.17, 15) is 5.11 Å². The van der Waals surface area contributed by atoms with Crippen LogP contribution in [0.4, 0.5) is 0 Å². The van der Waals surface area contributed by atoms with Crippen molar-refractivity contribution in [3.8, 4) is 0 Å². The summed E-state index contributed by atoms with van der Waals surface area (Å²) in [5, 5.41) is 9.20. The average Bonchev–Trinajstić information content (AvgIpc) is 2.54. The molecule has 0 aromatic heterocycles. The van der Waals surface area contributed by atoms with Gasteiger partial charge in [-0.05, 0) is 44.6 Å². The lowest BCUT2D eigenvalue weighted by Gasteiger charge is -2.35. The molecular formula is C12H23NO. The number of hydrogen-bond donors (Lipinski definition) is 1. The van der Waals surface area contributed by atoms with E-state index in [0.29, 0.717) is 0 Å². The van der Waals surface area contributed by atoms with E-state index in [2.05, 4.69) is 11.9 Å². The minimum atomic E-state index is 0.0138. The predicted molar refractivity (Wildman–Crippen MR) is 58.2 cm³/mol. The molecule has 2 fully saturated rings. The van der Waals surface area contributed by atoms with E-state index in [1.807, 2.05) is 0 Å². The first-order valence-electron chi connectivity index (χ1n) is 6.10. The predicted octanol–water partition coefficient (Wildman–Crippen LogP) is 1.88. The molecule has 1 N–H and O–H groups in total. The zero-order chi connectivity index (χ0) is 9.97. The SMILES string of the molecule is CN(CC1CCCC1)CC1CC(O)C1. The van der Waals surface area contributed by atoms with E-state index in [-0.39, 0.29) is 6.10 Å². The van der Waals surface area contributed by atoms with Gasteiger partial charge in [-0.25, -0.2) is 0 Å². The minimum Gasteiger partial charge on any atom is -0.393 e. The van der Waals surface area contributed by atoms with Crippen molar-refractivity contribution in [3.05, 3.63) is 0 Å². The van der Waals surface area contributed by atoms with Gasteiger partial charge in [0.2, 0.25) is 0 Å². The van der Waals surface area contributed by atoms with Gasteiger partial charge in [0.05, 0.1) is 6.10 Å². The highest BCUT2D eigenvalue weighted by Gasteiger charge is 2.28. The first-order valence-corrected chi connectivity index (χ1v) is 6.10. The van der Waals surface area contributed by atoms with Crippen molar-refractivity contribution in [1.82, 2.24) is 4.90 Å². The van der Waals surface area contributed by atoms with E-state index in [1.54, 1.807) is 0 Å². The summed E-state index contributed by atoms with van der Waals surface area (Å²) >= 11 is 0. The lowest BCUT2D eigenvalue weighted by molar-refractivity contribution is 0.0265. The monoisotopic (exact) mass is 197 g/mol. The van der Waals surface area contributed by atoms with Crippen molar-refractivity contribution in [2.24, 2.45) is 11.8 Å². The third-order valence-corrected chi connectivity index (χ3v) is 3.83. The molecular weight excluding hydrogens is 174 g/mol. The van der Waals surface area contributed by atoms with Crippen LogP contribution in [0.1, 0.15) is 38.5 Å². The van der Waals surface area contributed by atoms with Crippen LogP contribution in [-0.2, 0) is 0 Å². The summed E-state index contributed by atoms with van der Waals surface area (Å²) < 4.78 is 0. The van der Waals surface area contributed by atoms with Crippen LogP contribution in [0, 0.1) is 11.8 Å². The summed E-state index contributed by atoms with van der Waals surface area (Å²) in [5.41, 5.74) is 0. The molecule has 0 radical (unpaired) electrons. The fraction of sp³-hybridized carbons (Fsp3) is 1.00. The zero-order valence-corrected chi connectivity index (χ0v) is 9.28.